The van der Waals surface area contributed by atoms with Gasteiger partial charge in [-0.15, -0.1) is 0 Å². The SMILES string of the molecule is CC1(C)CCc2cc3c(C(F)(F)F)cc(=O)oc3cc2O1. The van der Waals surface area contributed by atoms with E-state index in [1.807, 2.05) is 13.8 Å². The highest BCUT2D eigenvalue weighted by molar-refractivity contribution is 5.83. The molecule has 112 valence electrons. The first-order valence-corrected chi connectivity index (χ1v) is 6.53. The van der Waals surface area contributed by atoms with Crippen LogP contribution >= 0.6 is 0 Å². The molecule has 2 heterocycles. The molecular formula is C15H13F3O3. The van der Waals surface area contributed by atoms with Crippen LogP contribution in [0.5, 0.6) is 5.75 Å². The number of alkyl halides is 3. The molecule has 0 amide bonds. The van der Waals surface area contributed by atoms with Crippen molar-refractivity contribution in [1.82, 2.24) is 0 Å². The van der Waals surface area contributed by atoms with Crippen molar-refractivity contribution >= 4 is 11.0 Å². The van der Waals surface area contributed by atoms with Crippen molar-refractivity contribution < 1.29 is 22.3 Å². The van der Waals surface area contributed by atoms with E-state index in [2.05, 4.69) is 0 Å². The van der Waals surface area contributed by atoms with Gasteiger partial charge in [0.15, 0.2) is 0 Å². The van der Waals surface area contributed by atoms with Crippen LogP contribution in [0.3, 0.4) is 0 Å². The first-order valence-electron chi connectivity index (χ1n) is 6.53. The van der Waals surface area contributed by atoms with Crippen LogP contribution < -0.4 is 10.4 Å². The third-order valence-corrected chi connectivity index (χ3v) is 3.61. The summed E-state index contributed by atoms with van der Waals surface area (Å²) in [5.74, 6) is 0.473. The zero-order valence-corrected chi connectivity index (χ0v) is 11.5. The average Bonchev–Trinajstić information content (AvgIpc) is 2.33. The van der Waals surface area contributed by atoms with Crippen LogP contribution in [0.15, 0.2) is 27.4 Å². The second-order valence-corrected chi connectivity index (χ2v) is 5.79. The van der Waals surface area contributed by atoms with E-state index in [9.17, 15) is 18.0 Å². The first kappa shape index (κ1) is 14.0. The molecule has 0 fully saturated rings. The molecule has 0 atom stereocenters. The second kappa shape index (κ2) is 4.26. The van der Waals surface area contributed by atoms with E-state index in [0.29, 0.717) is 30.2 Å². The Balaban J connectivity index is 2.28. The summed E-state index contributed by atoms with van der Waals surface area (Å²) in [4.78, 5) is 11.3. The standard InChI is InChI=1S/C15H13F3O3/c1-14(2)4-3-8-5-9-10(15(16,17)18)6-13(19)20-12(9)7-11(8)21-14/h5-7H,3-4H2,1-2H3. The number of ether oxygens (including phenoxy) is 1. The maximum atomic E-state index is 13.0. The Kier molecular flexibility index (Phi) is 2.83. The maximum absolute atomic E-state index is 13.0. The van der Waals surface area contributed by atoms with Gasteiger partial charge in [-0.05, 0) is 38.3 Å². The Morgan fingerprint density at radius 2 is 1.90 bits per heavy atom. The predicted octanol–water partition coefficient (Wildman–Crippen LogP) is 3.92. The van der Waals surface area contributed by atoms with Gasteiger partial charge in [-0.25, -0.2) is 4.79 Å². The molecule has 0 aliphatic carbocycles. The third-order valence-electron chi connectivity index (χ3n) is 3.61. The molecule has 0 bridgehead atoms. The van der Waals surface area contributed by atoms with Crippen molar-refractivity contribution in [3.63, 3.8) is 0 Å². The summed E-state index contributed by atoms with van der Waals surface area (Å²) in [5, 5.41) is -0.107. The van der Waals surface area contributed by atoms with Gasteiger partial charge in [-0.1, -0.05) is 0 Å². The number of halogens is 3. The minimum Gasteiger partial charge on any atom is -0.487 e. The molecule has 21 heavy (non-hydrogen) atoms. The Hall–Kier alpha value is -1.98. The Bertz CT molecular complexity index is 772. The average molecular weight is 298 g/mol. The minimum absolute atomic E-state index is 0.105. The highest BCUT2D eigenvalue weighted by atomic mass is 19.4. The van der Waals surface area contributed by atoms with Crippen LogP contribution in [0.1, 0.15) is 31.4 Å². The van der Waals surface area contributed by atoms with Gasteiger partial charge in [0.25, 0.3) is 0 Å². The molecule has 0 radical (unpaired) electrons. The fraction of sp³-hybridized carbons (Fsp3) is 0.400. The number of benzene rings is 1. The summed E-state index contributed by atoms with van der Waals surface area (Å²) in [6.07, 6.45) is -3.27. The lowest BCUT2D eigenvalue weighted by molar-refractivity contribution is -0.136. The summed E-state index contributed by atoms with van der Waals surface area (Å²) in [5.41, 5.74) is -1.79. The van der Waals surface area contributed by atoms with E-state index in [0.717, 1.165) is 0 Å². The molecule has 0 saturated carbocycles. The topological polar surface area (TPSA) is 39.4 Å². The normalized spacial score (nSPS) is 17.4. The van der Waals surface area contributed by atoms with Crippen molar-refractivity contribution in [1.29, 1.82) is 0 Å². The second-order valence-electron chi connectivity index (χ2n) is 5.79. The molecule has 2 aromatic rings. The Labute approximate surface area is 118 Å². The van der Waals surface area contributed by atoms with Crippen LogP contribution in [-0.4, -0.2) is 5.60 Å². The van der Waals surface area contributed by atoms with Crippen LogP contribution in [0, 0.1) is 0 Å². The molecule has 1 aliphatic heterocycles. The molecule has 6 heteroatoms. The highest BCUT2D eigenvalue weighted by Gasteiger charge is 2.35. The summed E-state index contributed by atoms with van der Waals surface area (Å²) in [6.45, 7) is 3.81. The number of aryl methyl sites for hydroxylation is 1. The lowest BCUT2D eigenvalue weighted by Gasteiger charge is -2.32. The van der Waals surface area contributed by atoms with Gasteiger partial charge >= 0.3 is 11.8 Å². The van der Waals surface area contributed by atoms with Gasteiger partial charge in [0.2, 0.25) is 0 Å². The Morgan fingerprint density at radius 3 is 2.57 bits per heavy atom. The van der Waals surface area contributed by atoms with Crippen molar-refractivity contribution in [2.45, 2.75) is 38.5 Å². The number of fused-ring (bicyclic) bond motifs is 2. The van der Waals surface area contributed by atoms with Crippen LogP contribution in [0.4, 0.5) is 13.2 Å². The molecule has 0 saturated heterocycles. The first-order chi connectivity index (χ1) is 9.66. The summed E-state index contributed by atoms with van der Waals surface area (Å²) >= 11 is 0. The molecule has 0 unspecified atom stereocenters. The minimum atomic E-state index is -4.60. The van der Waals surface area contributed by atoms with E-state index >= 15 is 0 Å². The highest BCUT2D eigenvalue weighted by Crippen LogP contribution is 2.39. The van der Waals surface area contributed by atoms with E-state index in [1.165, 1.54) is 12.1 Å². The quantitative estimate of drug-likeness (QED) is 0.692. The summed E-state index contributed by atoms with van der Waals surface area (Å²) in [6, 6.07) is 3.27. The molecule has 1 aromatic carbocycles. The lowest BCUT2D eigenvalue weighted by atomic mass is 9.93. The van der Waals surface area contributed by atoms with Gasteiger partial charge in [-0.3, -0.25) is 0 Å². The maximum Gasteiger partial charge on any atom is 0.417 e. The van der Waals surface area contributed by atoms with E-state index < -0.39 is 17.4 Å². The van der Waals surface area contributed by atoms with Gasteiger partial charge in [0.1, 0.15) is 16.9 Å². The third kappa shape index (κ3) is 2.50. The molecule has 0 N–H and O–H groups in total. The largest absolute Gasteiger partial charge is 0.487 e. The van der Waals surface area contributed by atoms with Gasteiger partial charge < -0.3 is 9.15 Å². The zero-order valence-electron chi connectivity index (χ0n) is 11.5. The zero-order chi connectivity index (χ0) is 15.4. The van der Waals surface area contributed by atoms with E-state index in [-0.39, 0.29) is 16.6 Å². The monoisotopic (exact) mass is 298 g/mol. The van der Waals surface area contributed by atoms with Crippen molar-refractivity contribution in [3.8, 4) is 5.75 Å². The van der Waals surface area contributed by atoms with Gasteiger partial charge in [0.05, 0.1) is 5.56 Å². The van der Waals surface area contributed by atoms with Gasteiger partial charge in [-0.2, -0.15) is 13.2 Å². The number of rotatable bonds is 0. The number of hydrogen-bond donors (Lipinski definition) is 0. The van der Waals surface area contributed by atoms with E-state index in [1.54, 1.807) is 0 Å². The van der Waals surface area contributed by atoms with E-state index in [4.69, 9.17) is 9.15 Å². The molecule has 0 spiro atoms. The molecule has 3 rings (SSSR count). The van der Waals surface area contributed by atoms with Crippen molar-refractivity contribution in [2.24, 2.45) is 0 Å². The molecule has 3 nitrogen and oxygen atoms in total. The molecular weight excluding hydrogens is 285 g/mol. The predicted molar refractivity (Wildman–Crippen MR) is 70.5 cm³/mol. The van der Waals surface area contributed by atoms with Crippen molar-refractivity contribution in [3.05, 3.63) is 39.7 Å². The molecule has 1 aliphatic rings. The summed E-state index contributed by atoms with van der Waals surface area (Å²) in [7, 11) is 0. The fourth-order valence-corrected chi connectivity index (χ4v) is 2.54. The smallest absolute Gasteiger partial charge is 0.417 e. The van der Waals surface area contributed by atoms with Crippen LogP contribution in [0.25, 0.3) is 11.0 Å². The van der Waals surface area contributed by atoms with Crippen LogP contribution in [0.2, 0.25) is 0 Å². The van der Waals surface area contributed by atoms with Crippen molar-refractivity contribution in [2.75, 3.05) is 0 Å². The Morgan fingerprint density at radius 1 is 1.19 bits per heavy atom. The fourth-order valence-electron chi connectivity index (χ4n) is 2.54. The van der Waals surface area contributed by atoms with Crippen LogP contribution in [-0.2, 0) is 12.6 Å². The lowest BCUT2D eigenvalue weighted by Crippen LogP contribution is -2.32. The van der Waals surface area contributed by atoms with Gasteiger partial charge in [0, 0.05) is 17.5 Å². The molecule has 1 aromatic heterocycles. The number of hydrogen-bond acceptors (Lipinski definition) is 3. The summed E-state index contributed by atoms with van der Waals surface area (Å²) < 4.78 is 49.8.